The molecule has 0 aliphatic carbocycles. The minimum atomic E-state index is 0.250. The Kier molecular flexibility index (Phi) is 6.39. The van der Waals surface area contributed by atoms with Crippen LogP contribution in [0.5, 0.6) is 0 Å². The number of carbonyl (C=O) groups excluding carboxylic acids is 1. The van der Waals surface area contributed by atoms with E-state index in [2.05, 4.69) is 23.9 Å². The molecule has 22 heavy (non-hydrogen) atoms. The molecule has 1 aromatic rings. The molecule has 0 unspecified atom stereocenters. The molecular formula is C16H29N5O. The number of nitrogens with two attached hydrogens (primary N) is 1. The molecule has 2 N–H and O–H groups in total. The number of hydrogen-bond acceptors (Lipinski definition) is 4. The summed E-state index contributed by atoms with van der Waals surface area (Å²) in [5.74, 6) is 1.21. The molecule has 1 saturated heterocycles. The van der Waals surface area contributed by atoms with E-state index in [9.17, 15) is 4.79 Å². The zero-order valence-corrected chi connectivity index (χ0v) is 13.9. The Morgan fingerprint density at radius 2 is 2.18 bits per heavy atom. The molecule has 1 aliphatic rings. The number of rotatable bonds is 7. The van der Waals surface area contributed by atoms with Crippen LogP contribution >= 0.6 is 0 Å². The lowest BCUT2D eigenvalue weighted by atomic mass is 10.0. The van der Waals surface area contributed by atoms with Crippen LogP contribution in [0.3, 0.4) is 0 Å². The normalized spacial score (nSPS) is 16.5. The SMILES string of the molecule is CCN(C)C1CCN(C(=O)CCc2nccn2CCN)CC1. The predicted octanol–water partition coefficient (Wildman–Crippen LogP) is 0.717. The molecular weight excluding hydrogens is 278 g/mol. The molecule has 1 amide bonds. The number of carbonyl (C=O) groups is 1. The van der Waals surface area contributed by atoms with Crippen molar-refractivity contribution in [1.29, 1.82) is 0 Å². The lowest BCUT2D eigenvalue weighted by Gasteiger charge is -2.36. The summed E-state index contributed by atoms with van der Waals surface area (Å²) in [5.41, 5.74) is 5.58. The highest BCUT2D eigenvalue weighted by atomic mass is 16.2. The van der Waals surface area contributed by atoms with Crippen molar-refractivity contribution in [1.82, 2.24) is 19.4 Å². The van der Waals surface area contributed by atoms with Gasteiger partial charge in [0.2, 0.25) is 5.91 Å². The molecule has 1 fully saturated rings. The molecule has 1 aliphatic heterocycles. The van der Waals surface area contributed by atoms with Crippen molar-refractivity contribution in [2.24, 2.45) is 5.73 Å². The fourth-order valence-corrected chi connectivity index (χ4v) is 3.10. The molecule has 0 saturated carbocycles. The molecule has 0 bridgehead atoms. The summed E-state index contributed by atoms with van der Waals surface area (Å²) in [7, 11) is 2.17. The van der Waals surface area contributed by atoms with E-state index in [-0.39, 0.29) is 5.91 Å². The highest BCUT2D eigenvalue weighted by molar-refractivity contribution is 5.76. The van der Waals surface area contributed by atoms with E-state index in [1.54, 1.807) is 6.20 Å². The fourth-order valence-electron chi connectivity index (χ4n) is 3.10. The van der Waals surface area contributed by atoms with Gasteiger partial charge in [-0.1, -0.05) is 6.92 Å². The highest BCUT2D eigenvalue weighted by Gasteiger charge is 2.24. The van der Waals surface area contributed by atoms with Crippen LogP contribution in [-0.4, -0.2) is 64.5 Å². The second kappa shape index (κ2) is 8.29. The number of hydrogen-bond donors (Lipinski definition) is 1. The van der Waals surface area contributed by atoms with E-state index < -0.39 is 0 Å². The van der Waals surface area contributed by atoms with Gasteiger partial charge in [0.1, 0.15) is 5.82 Å². The van der Waals surface area contributed by atoms with E-state index in [0.717, 1.165) is 44.8 Å². The minimum absolute atomic E-state index is 0.250. The number of aromatic nitrogens is 2. The van der Waals surface area contributed by atoms with Crippen molar-refractivity contribution in [3.05, 3.63) is 18.2 Å². The van der Waals surface area contributed by atoms with Gasteiger partial charge in [-0.05, 0) is 26.4 Å². The Bertz CT molecular complexity index is 465. The van der Waals surface area contributed by atoms with Gasteiger partial charge in [0.05, 0.1) is 0 Å². The lowest BCUT2D eigenvalue weighted by Crippen LogP contribution is -2.45. The summed E-state index contributed by atoms with van der Waals surface area (Å²) in [6.45, 7) is 6.37. The van der Waals surface area contributed by atoms with Gasteiger partial charge in [0, 0.05) is 57.5 Å². The average molecular weight is 307 g/mol. The van der Waals surface area contributed by atoms with Crippen LogP contribution in [0.15, 0.2) is 12.4 Å². The Labute approximate surface area is 133 Å². The van der Waals surface area contributed by atoms with Gasteiger partial charge in [-0.3, -0.25) is 4.79 Å². The van der Waals surface area contributed by atoms with Crippen LogP contribution in [0.4, 0.5) is 0 Å². The maximum Gasteiger partial charge on any atom is 0.223 e. The number of amides is 1. The third kappa shape index (κ3) is 4.30. The maximum atomic E-state index is 12.4. The van der Waals surface area contributed by atoms with E-state index >= 15 is 0 Å². The molecule has 2 rings (SSSR count). The zero-order chi connectivity index (χ0) is 15.9. The standard InChI is InChI=1S/C16H29N5O/c1-3-19(2)14-6-10-21(11-7-14)16(22)5-4-15-18-9-13-20(15)12-8-17/h9,13-14H,3-8,10-12,17H2,1-2H3. The molecule has 124 valence electrons. The molecule has 6 heteroatoms. The van der Waals surface area contributed by atoms with Crippen LogP contribution in [0.2, 0.25) is 0 Å². The molecule has 0 atom stereocenters. The first-order valence-electron chi connectivity index (χ1n) is 8.33. The summed E-state index contributed by atoms with van der Waals surface area (Å²) in [4.78, 5) is 21.1. The number of imidazole rings is 1. The number of aryl methyl sites for hydroxylation is 1. The predicted molar refractivity (Wildman–Crippen MR) is 87.5 cm³/mol. The summed E-state index contributed by atoms with van der Waals surface area (Å²) < 4.78 is 2.04. The van der Waals surface area contributed by atoms with E-state index in [0.29, 0.717) is 25.4 Å². The van der Waals surface area contributed by atoms with Crippen LogP contribution in [0.1, 0.15) is 32.0 Å². The van der Waals surface area contributed by atoms with Crippen molar-refractivity contribution in [3.8, 4) is 0 Å². The molecule has 0 radical (unpaired) electrons. The van der Waals surface area contributed by atoms with Gasteiger partial charge >= 0.3 is 0 Å². The molecule has 1 aromatic heterocycles. The minimum Gasteiger partial charge on any atom is -0.343 e. The van der Waals surface area contributed by atoms with Crippen molar-refractivity contribution < 1.29 is 4.79 Å². The maximum absolute atomic E-state index is 12.4. The summed E-state index contributed by atoms with van der Waals surface area (Å²) in [6, 6.07) is 0.623. The topological polar surface area (TPSA) is 67.4 Å². The lowest BCUT2D eigenvalue weighted by molar-refractivity contribution is -0.132. The van der Waals surface area contributed by atoms with Crippen LogP contribution in [-0.2, 0) is 17.8 Å². The van der Waals surface area contributed by atoms with Crippen molar-refractivity contribution in [2.45, 2.75) is 45.2 Å². The summed E-state index contributed by atoms with van der Waals surface area (Å²) >= 11 is 0. The van der Waals surface area contributed by atoms with Crippen LogP contribution in [0.25, 0.3) is 0 Å². The smallest absolute Gasteiger partial charge is 0.223 e. The third-order valence-corrected chi connectivity index (χ3v) is 4.67. The molecule has 0 aromatic carbocycles. The van der Waals surface area contributed by atoms with E-state index in [4.69, 9.17) is 5.73 Å². The summed E-state index contributed by atoms with van der Waals surface area (Å²) in [6.07, 6.45) is 7.10. The monoisotopic (exact) mass is 307 g/mol. The summed E-state index contributed by atoms with van der Waals surface area (Å²) in [5, 5.41) is 0. The quantitative estimate of drug-likeness (QED) is 0.806. The second-order valence-corrected chi connectivity index (χ2v) is 6.01. The third-order valence-electron chi connectivity index (χ3n) is 4.67. The van der Waals surface area contributed by atoms with Crippen LogP contribution < -0.4 is 5.73 Å². The largest absolute Gasteiger partial charge is 0.343 e. The van der Waals surface area contributed by atoms with Gasteiger partial charge in [-0.25, -0.2) is 4.98 Å². The average Bonchev–Trinajstić information content (AvgIpc) is 2.99. The first-order chi connectivity index (χ1) is 10.7. The highest BCUT2D eigenvalue weighted by Crippen LogP contribution is 2.16. The Balaban J connectivity index is 1.77. The first-order valence-corrected chi connectivity index (χ1v) is 8.33. The zero-order valence-electron chi connectivity index (χ0n) is 13.9. The number of likely N-dealkylation sites (tertiary alicyclic amines) is 1. The van der Waals surface area contributed by atoms with Gasteiger partial charge < -0.3 is 20.1 Å². The molecule has 2 heterocycles. The second-order valence-electron chi connectivity index (χ2n) is 6.01. The fraction of sp³-hybridized carbons (Fsp3) is 0.750. The Hall–Kier alpha value is -1.40. The van der Waals surface area contributed by atoms with Crippen molar-refractivity contribution in [3.63, 3.8) is 0 Å². The van der Waals surface area contributed by atoms with E-state index in [1.807, 2.05) is 15.7 Å². The molecule has 6 nitrogen and oxygen atoms in total. The van der Waals surface area contributed by atoms with E-state index in [1.165, 1.54) is 0 Å². The van der Waals surface area contributed by atoms with Gasteiger partial charge in [-0.2, -0.15) is 0 Å². The van der Waals surface area contributed by atoms with Crippen molar-refractivity contribution >= 4 is 5.91 Å². The first kappa shape index (κ1) is 17.0. The van der Waals surface area contributed by atoms with Gasteiger partial charge in [0.25, 0.3) is 0 Å². The Morgan fingerprint density at radius 1 is 1.45 bits per heavy atom. The Morgan fingerprint density at radius 3 is 2.82 bits per heavy atom. The number of piperidine rings is 1. The van der Waals surface area contributed by atoms with Crippen molar-refractivity contribution in [2.75, 3.05) is 33.2 Å². The molecule has 0 spiro atoms. The number of nitrogens with zero attached hydrogens (tertiary/aromatic N) is 4. The van der Waals surface area contributed by atoms with Gasteiger partial charge in [0.15, 0.2) is 0 Å². The van der Waals surface area contributed by atoms with Crippen LogP contribution in [0, 0.1) is 0 Å². The van der Waals surface area contributed by atoms with Gasteiger partial charge in [-0.15, -0.1) is 0 Å².